The molecule has 3 nitrogen and oxygen atoms in total. The highest BCUT2D eigenvalue weighted by Crippen LogP contribution is 2.23. The third-order valence-electron chi connectivity index (χ3n) is 2.76. The van der Waals surface area contributed by atoms with Gasteiger partial charge in [0.2, 0.25) is 0 Å². The predicted molar refractivity (Wildman–Crippen MR) is 65.0 cm³/mol. The number of nitrogens with zero attached hydrogens (tertiary/aromatic N) is 1. The van der Waals surface area contributed by atoms with Crippen molar-refractivity contribution in [2.24, 2.45) is 0 Å². The van der Waals surface area contributed by atoms with Gasteiger partial charge in [-0.1, -0.05) is 0 Å². The topological polar surface area (TPSA) is 24.5 Å². The van der Waals surface area contributed by atoms with Gasteiger partial charge in [-0.3, -0.25) is 0 Å². The van der Waals surface area contributed by atoms with Crippen LogP contribution in [-0.4, -0.2) is 40.8 Å². The van der Waals surface area contributed by atoms with Gasteiger partial charge in [-0.15, -0.1) is 0 Å². The fourth-order valence-corrected chi connectivity index (χ4v) is 2.41. The first kappa shape index (κ1) is 11.1. The average Bonchev–Trinajstić information content (AvgIpc) is 2.84. The Morgan fingerprint density at radius 1 is 1.47 bits per heavy atom. The average molecular weight is 228 g/mol. The van der Waals surface area contributed by atoms with Gasteiger partial charge in [0.1, 0.15) is 0 Å². The highest BCUT2D eigenvalue weighted by Gasteiger charge is 2.33. The molecule has 2 rings (SSSR count). The van der Waals surface area contributed by atoms with Crippen LogP contribution in [0.15, 0.2) is 0 Å². The van der Waals surface area contributed by atoms with E-state index < -0.39 is 0 Å². The Balaban J connectivity index is 1.92. The van der Waals surface area contributed by atoms with Crippen molar-refractivity contribution >= 4 is 17.3 Å². The summed E-state index contributed by atoms with van der Waals surface area (Å²) in [6, 6.07) is 0.638. The van der Waals surface area contributed by atoms with Crippen LogP contribution in [0, 0.1) is 0 Å². The third-order valence-corrected chi connectivity index (χ3v) is 3.14. The van der Waals surface area contributed by atoms with E-state index in [-0.39, 0.29) is 11.7 Å². The number of hydrogen-bond acceptors (Lipinski definition) is 2. The van der Waals surface area contributed by atoms with Gasteiger partial charge < -0.3 is 15.0 Å². The largest absolute Gasteiger partial charge is 0.369 e. The molecule has 0 amide bonds. The Labute approximate surface area is 97.2 Å². The van der Waals surface area contributed by atoms with Crippen LogP contribution in [0.1, 0.15) is 33.6 Å². The summed E-state index contributed by atoms with van der Waals surface area (Å²) < 4.78 is 5.85. The molecule has 0 aromatic rings. The van der Waals surface area contributed by atoms with Gasteiger partial charge in [-0.2, -0.15) is 0 Å². The molecule has 15 heavy (non-hydrogen) atoms. The summed E-state index contributed by atoms with van der Waals surface area (Å²) in [6.45, 7) is 8.14. The summed E-state index contributed by atoms with van der Waals surface area (Å²) in [5.74, 6) is 0. The lowest BCUT2D eigenvalue weighted by atomic mass is 10.1. The highest BCUT2D eigenvalue weighted by molar-refractivity contribution is 7.80. The summed E-state index contributed by atoms with van der Waals surface area (Å²) in [6.07, 6.45) is 2.79. The van der Waals surface area contributed by atoms with Gasteiger partial charge in [0.15, 0.2) is 5.11 Å². The number of nitrogens with one attached hydrogen (secondary N) is 1. The quantitative estimate of drug-likeness (QED) is 0.688. The Morgan fingerprint density at radius 2 is 2.13 bits per heavy atom. The van der Waals surface area contributed by atoms with Crippen LogP contribution in [0.25, 0.3) is 0 Å². The second kappa shape index (κ2) is 3.91. The molecule has 1 atom stereocenters. The molecule has 1 N–H and O–H groups in total. The van der Waals surface area contributed by atoms with E-state index in [1.165, 1.54) is 12.8 Å². The van der Waals surface area contributed by atoms with Crippen LogP contribution in [0.5, 0.6) is 0 Å². The van der Waals surface area contributed by atoms with Crippen LogP contribution in [-0.2, 0) is 4.74 Å². The second-order valence-electron chi connectivity index (χ2n) is 5.29. The molecule has 2 aliphatic rings. The molecule has 0 bridgehead atoms. The lowest BCUT2D eigenvalue weighted by Gasteiger charge is -2.42. The van der Waals surface area contributed by atoms with Gasteiger partial charge in [-0.05, 0) is 45.8 Å². The number of ether oxygens (including phenoxy) is 1. The van der Waals surface area contributed by atoms with Crippen LogP contribution in [0.2, 0.25) is 0 Å². The lowest BCUT2D eigenvalue weighted by Crippen LogP contribution is -2.56. The number of hydrogen-bond donors (Lipinski definition) is 1. The molecule has 0 aromatic carbocycles. The molecular formula is C11H20N2OS. The first-order valence-corrected chi connectivity index (χ1v) is 6.10. The maximum atomic E-state index is 5.85. The van der Waals surface area contributed by atoms with E-state index in [9.17, 15) is 0 Å². The minimum absolute atomic E-state index is 0.0903. The van der Waals surface area contributed by atoms with Crippen molar-refractivity contribution in [1.82, 2.24) is 10.2 Å². The zero-order valence-electron chi connectivity index (χ0n) is 9.75. The van der Waals surface area contributed by atoms with E-state index in [1.54, 1.807) is 0 Å². The van der Waals surface area contributed by atoms with Crippen molar-refractivity contribution < 1.29 is 4.74 Å². The zero-order chi connectivity index (χ0) is 11.1. The van der Waals surface area contributed by atoms with Gasteiger partial charge in [0.25, 0.3) is 0 Å². The Hall–Kier alpha value is -0.350. The molecule has 1 aliphatic heterocycles. The molecule has 1 saturated heterocycles. The summed E-state index contributed by atoms with van der Waals surface area (Å²) in [7, 11) is 0. The van der Waals surface area contributed by atoms with E-state index in [0.29, 0.717) is 6.04 Å². The molecule has 1 saturated carbocycles. The molecule has 1 heterocycles. The Morgan fingerprint density at radius 3 is 2.67 bits per heavy atom. The number of thiocarbonyl (C=S) groups is 1. The maximum absolute atomic E-state index is 5.85. The van der Waals surface area contributed by atoms with Crippen LogP contribution < -0.4 is 5.32 Å². The molecule has 1 aliphatic carbocycles. The normalized spacial score (nSPS) is 30.1. The summed E-state index contributed by atoms with van der Waals surface area (Å²) in [4.78, 5) is 2.24. The van der Waals surface area contributed by atoms with Crippen LogP contribution >= 0.6 is 12.2 Å². The molecule has 0 aromatic heterocycles. The minimum atomic E-state index is -0.0903. The van der Waals surface area contributed by atoms with Crippen molar-refractivity contribution in [1.29, 1.82) is 0 Å². The van der Waals surface area contributed by atoms with Crippen molar-refractivity contribution in [3.63, 3.8) is 0 Å². The van der Waals surface area contributed by atoms with Crippen LogP contribution in [0.4, 0.5) is 0 Å². The molecular weight excluding hydrogens is 208 g/mol. The minimum Gasteiger partial charge on any atom is -0.369 e. The Bertz CT molecular complexity index is 263. The molecule has 1 unspecified atom stereocenters. The summed E-state index contributed by atoms with van der Waals surface area (Å²) in [5, 5.41) is 4.29. The first-order valence-electron chi connectivity index (χ1n) is 5.69. The SMILES string of the molecule is CC1CN(C(=S)NC2CC2)CC(C)(C)O1. The highest BCUT2D eigenvalue weighted by atomic mass is 32.1. The molecule has 2 fully saturated rings. The van der Waals surface area contributed by atoms with E-state index in [2.05, 4.69) is 31.0 Å². The smallest absolute Gasteiger partial charge is 0.169 e. The van der Waals surface area contributed by atoms with Crippen molar-refractivity contribution in [2.45, 2.75) is 51.4 Å². The van der Waals surface area contributed by atoms with E-state index in [0.717, 1.165) is 18.2 Å². The van der Waals surface area contributed by atoms with E-state index in [4.69, 9.17) is 17.0 Å². The predicted octanol–water partition coefficient (Wildman–Crippen LogP) is 1.52. The standard InChI is InChI=1S/C11H20N2OS/c1-8-6-13(7-11(2,3)14-8)10(15)12-9-4-5-9/h8-9H,4-7H2,1-3H3,(H,12,15). The number of morpholine rings is 1. The van der Waals surface area contributed by atoms with Gasteiger partial charge in [0.05, 0.1) is 11.7 Å². The molecule has 0 radical (unpaired) electrons. The van der Waals surface area contributed by atoms with E-state index in [1.807, 2.05) is 0 Å². The van der Waals surface area contributed by atoms with Crippen molar-refractivity contribution in [3.8, 4) is 0 Å². The van der Waals surface area contributed by atoms with E-state index >= 15 is 0 Å². The molecule has 4 heteroatoms. The fraction of sp³-hybridized carbons (Fsp3) is 0.909. The monoisotopic (exact) mass is 228 g/mol. The molecule has 86 valence electrons. The fourth-order valence-electron chi connectivity index (χ4n) is 2.10. The lowest BCUT2D eigenvalue weighted by molar-refractivity contribution is -0.112. The second-order valence-corrected chi connectivity index (χ2v) is 5.68. The third kappa shape index (κ3) is 3.05. The molecule has 0 spiro atoms. The summed E-state index contributed by atoms with van der Waals surface area (Å²) in [5.41, 5.74) is -0.0903. The van der Waals surface area contributed by atoms with Crippen molar-refractivity contribution in [3.05, 3.63) is 0 Å². The van der Waals surface area contributed by atoms with Gasteiger partial charge >= 0.3 is 0 Å². The van der Waals surface area contributed by atoms with Crippen LogP contribution in [0.3, 0.4) is 0 Å². The van der Waals surface area contributed by atoms with Gasteiger partial charge in [-0.25, -0.2) is 0 Å². The number of rotatable bonds is 1. The van der Waals surface area contributed by atoms with Gasteiger partial charge in [0, 0.05) is 19.1 Å². The summed E-state index contributed by atoms with van der Waals surface area (Å²) >= 11 is 5.40. The zero-order valence-corrected chi connectivity index (χ0v) is 10.6. The first-order chi connectivity index (χ1) is 6.96. The van der Waals surface area contributed by atoms with Crippen molar-refractivity contribution in [2.75, 3.05) is 13.1 Å². The Kier molecular flexibility index (Phi) is 2.90. The maximum Gasteiger partial charge on any atom is 0.169 e.